The monoisotopic (exact) mass is 335 g/mol. The van der Waals surface area contributed by atoms with Crippen LogP contribution in [0.2, 0.25) is 0 Å². The van der Waals surface area contributed by atoms with Gasteiger partial charge < -0.3 is 9.84 Å². The Balaban J connectivity index is 2.46. The first-order valence-corrected chi connectivity index (χ1v) is 8.71. The van der Waals surface area contributed by atoms with E-state index in [0.29, 0.717) is 12.2 Å². The van der Waals surface area contributed by atoms with Gasteiger partial charge in [0.2, 0.25) is 9.84 Å². The number of phenolic OH excluding ortho intramolecular Hbond substituents is 1. The zero-order valence-electron chi connectivity index (χ0n) is 11.7. The molecule has 0 aliphatic rings. The molecule has 1 aromatic heterocycles. The first kappa shape index (κ1) is 16.1. The number of allylic oxidation sites excluding steroid dienone is 1. The van der Waals surface area contributed by atoms with Crippen molar-refractivity contribution in [2.45, 2.75) is 11.1 Å². The molecular weight excluding hydrogens is 322 g/mol. The number of rotatable bonds is 5. The lowest BCUT2D eigenvalue weighted by molar-refractivity contribution is 0.318. The molecule has 0 aliphatic heterocycles. The van der Waals surface area contributed by atoms with Crippen LogP contribution in [0.5, 0.6) is 11.5 Å². The third kappa shape index (κ3) is 3.30. The molecule has 0 radical (unpaired) electrons. The number of hydrogen-bond acceptors (Lipinski definition) is 6. The van der Waals surface area contributed by atoms with E-state index in [1.165, 1.54) is 30.3 Å². The third-order valence-electron chi connectivity index (χ3n) is 2.74. The summed E-state index contributed by atoms with van der Waals surface area (Å²) < 4.78 is 30.0. The highest BCUT2D eigenvalue weighted by atomic mass is 32.2. The van der Waals surface area contributed by atoms with Gasteiger partial charge in [-0.3, -0.25) is 0 Å². The molecule has 0 fully saturated rings. The molecule has 0 saturated carbocycles. The van der Waals surface area contributed by atoms with Crippen LogP contribution in [0.3, 0.4) is 0 Å². The van der Waals surface area contributed by atoms with Gasteiger partial charge in [0.05, 0.1) is 6.61 Å². The zero-order chi connectivity index (χ0) is 16.2. The van der Waals surface area contributed by atoms with E-state index >= 15 is 0 Å². The van der Waals surface area contributed by atoms with Crippen molar-refractivity contribution in [3.05, 3.63) is 46.2 Å². The predicted octanol–water partition coefficient (Wildman–Crippen LogP) is 3.19. The lowest BCUT2D eigenvalue weighted by atomic mass is 10.2. The van der Waals surface area contributed by atoms with Crippen LogP contribution >= 0.6 is 11.3 Å². The van der Waals surface area contributed by atoms with Gasteiger partial charge in [-0.25, -0.2) is 8.42 Å². The second kappa shape index (κ2) is 6.64. The lowest BCUT2D eigenvalue weighted by Crippen LogP contribution is -2.01. The highest BCUT2D eigenvalue weighted by molar-refractivity contribution is 7.97. The van der Waals surface area contributed by atoms with Crippen LogP contribution in [-0.2, 0) is 9.84 Å². The summed E-state index contributed by atoms with van der Waals surface area (Å²) in [5.41, 5.74) is 0.456. The summed E-state index contributed by atoms with van der Waals surface area (Å²) in [6, 6.07) is 9.18. The molecule has 0 aliphatic carbocycles. The largest absolute Gasteiger partial charge is 0.504 e. The van der Waals surface area contributed by atoms with Gasteiger partial charge in [0.15, 0.2) is 16.4 Å². The van der Waals surface area contributed by atoms with Crippen molar-refractivity contribution in [1.29, 1.82) is 5.26 Å². The molecule has 0 unspecified atom stereocenters. The standard InChI is InChI=1S/C15H13NO4S2/c1-2-20-14-9-11(5-6-13(14)17)8-12(10-16)22(18,19)15-4-3-7-21-15/h3-9,17H,2H2,1H3. The second-order valence-corrected chi connectivity index (χ2v) is 7.31. The van der Waals surface area contributed by atoms with Crippen molar-refractivity contribution in [3.8, 4) is 17.6 Å². The van der Waals surface area contributed by atoms with Gasteiger partial charge in [0, 0.05) is 0 Å². The Kier molecular flexibility index (Phi) is 4.85. The average Bonchev–Trinajstić information content (AvgIpc) is 3.03. The van der Waals surface area contributed by atoms with Gasteiger partial charge in [0.25, 0.3) is 0 Å². The maximum Gasteiger partial charge on any atom is 0.226 e. The van der Waals surface area contributed by atoms with Gasteiger partial charge in [-0.05, 0) is 42.1 Å². The van der Waals surface area contributed by atoms with Crippen LogP contribution in [-0.4, -0.2) is 20.1 Å². The summed E-state index contributed by atoms with van der Waals surface area (Å²) in [7, 11) is -3.83. The number of nitrogens with zero attached hydrogens (tertiary/aromatic N) is 1. The van der Waals surface area contributed by atoms with Crippen molar-refractivity contribution < 1.29 is 18.3 Å². The normalized spacial score (nSPS) is 11.9. The van der Waals surface area contributed by atoms with Gasteiger partial charge in [-0.15, -0.1) is 11.3 Å². The molecule has 0 amide bonds. The van der Waals surface area contributed by atoms with Crippen molar-refractivity contribution in [1.82, 2.24) is 0 Å². The number of sulfone groups is 1. The molecule has 0 spiro atoms. The van der Waals surface area contributed by atoms with Crippen LogP contribution in [0.25, 0.3) is 6.08 Å². The smallest absolute Gasteiger partial charge is 0.226 e. The van der Waals surface area contributed by atoms with Crippen molar-refractivity contribution in [2.75, 3.05) is 6.61 Å². The molecule has 1 N–H and O–H groups in total. The molecule has 7 heteroatoms. The topological polar surface area (TPSA) is 87.4 Å². The number of phenols is 1. The molecule has 2 aromatic rings. The van der Waals surface area contributed by atoms with Crippen molar-refractivity contribution in [2.24, 2.45) is 0 Å². The summed E-state index contributed by atoms with van der Waals surface area (Å²) >= 11 is 1.05. The van der Waals surface area contributed by atoms with E-state index in [1.807, 2.05) is 0 Å². The maximum atomic E-state index is 12.3. The summed E-state index contributed by atoms with van der Waals surface area (Å²) in [5, 5.41) is 20.5. The Labute approximate surface area is 132 Å². The van der Waals surface area contributed by atoms with Crippen LogP contribution in [0.15, 0.2) is 44.8 Å². The fourth-order valence-electron chi connectivity index (χ4n) is 1.74. The van der Waals surface area contributed by atoms with E-state index in [-0.39, 0.29) is 20.6 Å². The number of aromatic hydroxyl groups is 1. The van der Waals surface area contributed by atoms with E-state index in [1.54, 1.807) is 24.4 Å². The van der Waals surface area contributed by atoms with Crippen molar-refractivity contribution >= 4 is 27.3 Å². The van der Waals surface area contributed by atoms with E-state index in [0.717, 1.165) is 11.3 Å². The minimum atomic E-state index is -3.83. The summed E-state index contributed by atoms with van der Waals surface area (Å²) in [5.74, 6) is 0.195. The molecule has 0 saturated heterocycles. The van der Waals surface area contributed by atoms with Crippen molar-refractivity contribution in [3.63, 3.8) is 0 Å². The average molecular weight is 335 g/mol. The first-order valence-electron chi connectivity index (χ1n) is 6.35. The molecule has 1 heterocycles. The Morgan fingerprint density at radius 2 is 2.23 bits per heavy atom. The summed E-state index contributed by atoms with van der Waals surface area (Å²) in [4.78, 5) is -0.358. The lowest BCUT2D eigenvalue weighted by Gasteiger charge is -2.06. The number of benzene rings is 1. The van der Waals surface area contributed by atoms with E-state index in [4.69, 9.17) is 4.74 Å². The van der Waals surface area contributed by atoms with Crippen LogP contribution in [0.1, 0.15) is 12.5 Å². The van der Waals surface area contributed by atoms with Gasteiger partial charge in [0.1, 0.15) is 10.3 Å². The molecule has 1 aromatic carbocycles. The summed E-state index contributed by atoms with van der Waals surface area (Å²) in [6.45, 7) is 2.13. The predicted molar refractivity (Wildman–Crippen MR) is 84.4 cm³/mol. The van der Waals surface area contributed by atoms with E-state index < -0.39 is 9.84 Å². The van der Waals surface area contributed by atoms with Crippen LogP contribution in [0, 0.1) is 11.3 Å². The molecular formula is C15H13NO4S2. The van der Waals surface area contributed by atoms with Gasteiger partial charge in [-0.1, -0.05) is 12.1 Å². The zero-order valence-corrected chi connectivity index (χ0v) is 13.3. The number of thiophene rings is 1. The van der Waals surface area contributed by atoms with Gasteiger partial charge in [-0.2, -0.15) is 5.26 Å². The molecule has 0 atom stereocenters. The maximum absolute atomic E-state index is 12.3. The Morgan fingerprint density at radius 3 is 2.82 bits per heavy atom. The number of ether oxygens (including phenoxy) is 1. The SMILES string of the molecule is CCOc1cc(C=C(C#N)S(=O)(=O)c2cccs2)ccc1O. The number of nitriles is 1. The van der Waals surface area contributed by atoms with Gasteiger partial charge >= 0.3 is 0 Å². The first-order chi connectivity index (χ1) is 10.5. The highest BCUT2D eigenvalue weighted by Gasteiger charge is 2.21. The number of hydrogen-bond donors (Lipinski definition) is 1. The fraction of sp³-hybridized carbons (Fsp3) is 0.133. The Bertz CT molecular complexity index is 831. The molecule has 2 rings (SSSR count). The van der Waals surface area contributed by atoms with Crippen LogP contribution in [0.4, 0.5) is 0 Å². The Morgan fingerprint density at radius 1 is 1.45 bits per heavy atom. The molecule has 22 heavy (non-hydrogen) atoms. The molecule has 114 valence electrons. The Hall–Kier alpha value is -2.30. The highest BCUT2D eigenvalue weighted by Crippen LogP contribution is 2.29. The molecule has 0 bridgehead atoms. The molecule has 5 nitrogen and oxygen atoms in total. The quantitative estimate of drug-likeness (QED) is 0.848. The minimum Gasteiger partial charge on any atom is -0.504 e. The van der Waals surface area contributed by atoms with E-state index in [9.17, 15) is 18.8 Å². The fourth-order valence-corrected chi connectivity index (χ4v) is 4.01. The van der Waals surface area contributed by atoms with E-state index in [2.05, 4.69) is 0 Å². The minimum absolute atomic E-state index is 0.0429. The third-order valence-corrected chi connectivity index (χ3v) is 5.80. The second-order valence-electron chi connectivity index (χ2n) is 4.22. The summed E-state index contributed by atoms with van der Waals surface area (Å²) in [6.07, 6.45) is 1.26. The van der Waals surface area contributed by atoms with Crippen LogP contribution < -0.4 is 4.74 Å².